The quantitative estimate of drug-likeness (QED) is 0.173. The largest absolute Gasteiger partial charge is 0.473 e. The number of aliphatic carboxylic acids is 2. The first-order chi connectivity index (χ1) is 17.8. The van der Waals surface area contributed by atoms with E-state index in [2.05, 4.69) is 83.5 Å². The smallest absolute Gasteiger partial charge is 0.414 e. The average molecular weight is 505 g/mol. The van der Waals surface area contributed by atoms with Gasteiger partial charge in [-0.15, -0.1) is 0 Å². The van der Waals surface area contributed by atoms with Gasteiger partial charge in [0.15, 0.2) is 0 Å². The number of aliphatic hydroxyl groups is 2. The summed E-state index contributed by atoms with van der Waals surface area (Å²) in [6, 6.07) is 27.4. The van der Waals surface area contributed by atoms with Gasteiger partial charge in [-0.25, -0.2) is 9.59 Å². The van der Waals surface area contributed by atoms with Crippen LogP contribution in [-0.4, -0.2) is 62.7 Å². The third kappa shape index (κ3) is 7.27. The molecule has 0 spiro atoms. The van der Waals surface area contributed by atoms with E-state index in [1.807, 2.05) is 12.1 Å². The van der Waals surface area contributed by atoms with Crippen LogP contribution in [-0.2, 0) is 16.1 Å². The van der Waals surface area contributed by atoms with Gasteiger partial charge in [-0.1, -0.05) is 72.3 Å². The first-order valence-corrected chi connectivity index (χ1v) is 12.0. The normalized spacial score (nSPS) is 11.5. The number of rotatable bonds is 9. The van der Waals surface area contributed by atoms with Gasteiger partial charge >= 0.3 is 11.9 Å². The van der Waals surface area contributed by atoms with Gasteiger partial charge in [-0.2, -0.15) is 0 Å². The minimum Gasteiger partial charge on any atom is -0.473 e. The molecule has 0 bridgehead atoms. The van der Waals surface area contributed by atoms with Crippen molar-refractivity contribution in [1.82, 2.24) is 9.88 Å². The fourth-order valence-corrected chi connectivity index (χ4v) is 4.20. The molecule has 194 valence electrons. The van der Waals surface area contributed by atoms with Crippen molar-refractivity contribution >= 4 is 22.8 Å². The van der Waals surface area contributed by atoms with Gasteiger partial charge in [0, 0.05) is 29.6 Å². The minimum absolute atomic E-state index is 0.156. The lowest BCUT2D eigenvalue weighted by Crippen LogP contribution is -2.31. The van der Waals surface area contributed by atoms with Crippen molar-refractivity contribution in [3.8, 4) is 22.4 Å². The van der Waals surface area contributed by atoms with Crippen molar-refractivity contribution in [2.45, 2.75) is 26.0 Å². The number of hydrogen-bond donors (Lipinski definition) is 5. The summed E-state index contributed by atoms with van der Waals surface area (Å²) in [4.78, 5) is 18.2. The molecule has 0 aliphatic rings. The van der Waals surface area contributed by atoms with Crippen molar-refractivity contribution in [1.29, 1.82) is 0 Å². The number of fused-ring (bicyclic) bond motifs is 1. The molecule has 3 aromatic carbocycles. The fourth-order valence-electron chi connectivity index (χ4n) is 4.20. The van der Waals surface area contributed by atoms with E-state index in [4.69, 9.17) is 24.9 Å². The summed E-state index contributed by atoms with van der Waals surface area (Å²) in [7, 11) is 0. The van der Waals surface area contributed by atoms with Crippen LogP contribution in [0.4, 0.5) is 0 Å². The van der Waals surface area contributed by atoms with Crippen molar-refractivity contribution in [3.05, 3.63) is 84.4 Å². The number of aryl methyl sites for hydroxylation is 1. The van der Waals surface area contributed by atoms with Crippen LogP contribution < -0.4 is 5.32 Å². The van der Waals surface area contributed by atoms with Gasteiger partial charge in [-0.3, -0.25) is 0 Å². The van der Waals surface area contributed by atoms with E-state index in [0.717, 1.165) is 16.8 Å². The molecule has 37 heavy (non-hydrogen) atoms. The molecule has 0 aliphatic heterocycles. The van der Waals surface area contributed by atoms with E-state index in [0.29, 0.717) is 26.1 Å². The van der Waals surface area contributed by atoms with E-state index in [1.54, 1.807) is 0 Å². The van der Waals surface area contributed by atoms with Crippen molar-refractivity contribution in [2.75, 3.05) is 19.7 Å². The minimum atomic E-state index is -1.82. The van der Waals surface area contributed by atoms with Crippen LogP contribution in [0.25, 0.3) is 33.3 Å². The summed E-state index contributed by atoms with van der Waals surface area (Å²) in [6.45, 7) is 3.94. The highest BCUT2D eigenvalue weighted by atomic mass is 16.4. The van der Waals surface area contributed by atoms with Crippen molar-refractivity contribution in [2.24, 2.45) is 0 Å². The molecule has 5 N–H and O–H groups in total. The molecule has 0 radical (unpaired) electrons. The second-order valence-electron chi connectivity index (χ2n) is 8.63. The van der Waals surface area contributed by atoms with E-state index >= 15 is 0 Å². The zero-order chi connectivity index (χ0) is 26.8. The molecule has 1 aromatic heterocycles. The molecule has 1 unspecified atom stereocenters. The molecule has 8 heteroatoms. The lowest BCUT2D eigenvalue weighted by Gasteiger charge is -2.17. The number of carbonyl (C=O) groups is 2. The van der Waals surface area contributed by atoms with Gasteiger partial charge < -0.3 is 30.3 Å². The zero-order valence-electron chi connectivity index (χ0n) is 20.7. The third-order valence-corrected chi connectivity index (χ3v) is 5.80. The van der Waals surface area contributed by atoms with E-state index < -0.39 is 18.0 Å². The highest BCUT2D eigenvalue weighted by molar-refractivity contribution is 6.27. The third-order valence-electron chi connectivity index (χ3n) is 5.80. The summed E-state index contributed by atoms with van der Waals surface area (Å²) in [5, 5.41) is 39.0. The number of nitrogens with zero attached hydrogens (tertiary/aromatic N) is 1. The Balaban J connectivity index is 0.000000568. The van der Waals surface area contributed by atoms with E-state index in [1.165, 1.54) is 22.1 Å². The maximum Gasteiger partial charge on any atom is 0.414 e. The molecule has 0 aliphatic carbocycles. The molecule has 1 heterocycles. The maximum absolute atomic E-state index is 10.8. The topological polar surface area (TPSA) is 132 Å². The van der Waals surface area contributed by atoms with Crippen LogP contribution in [0.2, 0.25) is 0 Å². The van der Waals surface area contributed by atoms with Crippen LogP contribution in [0, 0.1) is 6.92 Å². The van der Waals surface area contributed by atoms with Crippen LogP contribution in [0.3, 0.4) is 0 Å². The van der Waals surface area contributed by atoms with Gasteiger partial charge in [0.1, 0.15) is 0 Å². The first-order valence-electron chi connectivity index (χ1n) is 12.0. The van der Waals surface area contributed by atoms with Crippen LogP contribution in [0.15, 0.2) is 78.9 Å². The molecule has 0 saturated carbocycles. The lowest BCUT2D eigenvalue weighted by molar-refractivity contribution is -0.159. The van der Waals surface area contributed by atoms with Crippen molar-refractivity contribution < 1.29 is 30.0 Å². The summed E-state index contributed by atoms with van der Waals surface area (Å²) in [5.74, 6) is -3.65. The van der Waals surface area contributed by atoms with E-state index in [-0.39, 0.29) is 6.61 Å². The fraction of sp³-hybridized carbons (Fsp3) is 0.241. The number of benzene rings is 3. The number of carboxylic acid groups (broad SMARTS) is 2. The summed E-state index contributed by atoms with van der Waals surface area (Å²) >= 11 is 0. The Hall–Kier alpha value is -3.98. The molecule has 4 aromatic rings. The van der Waals surface area contributed by atoms with Gasteiger partial charge in [0.25, 0.3) is 0 Å². The number of aromatic nitrogens is 1. The Bertz CT molecular complexity index is 1310. The second kappa shape index (κ2) is 13.4. The number of aliphatic hydroxyl groups excluding tert-OH is 2. The lowest BCUT2D eigenvalue weighted by atomic mass is 9.98. The van der Waals surface area contributed by atoms with Crippen LogP contribution >= 0.6 is 0 Å². The van der Waals surface area contributed by atoms with Crippen LogP contribution in [0.1, 0.15) is 12.0 Å². The van der Waals surface area contributed by atoms with Crippen molar-refractivity contribution in [3.63, 3.8) is 0 Å². The monoisotopic (exact) mass is 504 g/mol. The Labute approximate surface area is 215 Å². The SMILES string of the molecule is Cc1ccc2c(c1)c(-c1ccccc1)c(-c1ccccc1)n2CC(O)CNCCCO.O=C(O)C(=O)O. The Morgan fingerprint density at radius 1 is 0.892 bits per heavy atom. The summed E-state index contributed by atoms with van der Waals surface area (Å²) < 4.78 is 2.25. The molecule has 1 atom stereocenters. The Morgan fingerprint density at radius 3 is 2.05 bits per heavy atom. The highest BCUT2D eigenvalue weighted by Gasteiger charge is 2.21. The average Bonchev–Trinajstić information content (AvgIpc) is 3.20. The van der Waals surface area contributed by atoms with Gasteiger partial charge in [0.05, 0.1) is 18.3 Å². The standard InChI is InChI=1S/C27H30N2O2.C2H2O4/c1-20-13-14-25-24(17-20)26(21-9-4-2-5-10-21)27(22-11-6-3-7-12-22)29(25)19-23(31)18-28-15-8-16-30;3-1(4)2(5)6/h2-7,9-14,17,23,28,30-31H,8,15-16,18-19H2,1H3;(H,3,4)(H,5,6). The number of nitrogens with one attached hydrogen (secondary N) is 1. The highest BCUT2D eigenvalue weighted by Crippen LogP contribution is 2.41. The molecule has 0 amide bonds. The molecule has 0 saturated heterocycles. The molecular formula is C29H32N2O6. The molecule has 0 fully saturated rings. The van der Waals surface area contributed by atoms with Gasteiger partial charge in [-0.05, 0) is 43.1 Å². The predicted molar refractivity (Wildman–Crippen MR) is 143 cm³/mol. The summed E-state index contributed by atoms with van der Waals surface area (Å²) in [6.07, 6.45) is 0.146. The first kappa shape index (κ1) is 27.6. The molecule has 4 rings (SSSR count). The summed E-state index contributed by atoms with van der Waals surface area (Å²) in [5.41, 5.74) is 6.97. The second-order valence-corrected chi connectivity index (χ2v) is 8.63. The van der Waals surface area contributed by atoms with Crippen LogP contribution in [0.5, 0.6) is 0 Å². The van der Waals surface area contributed by atoms with Gasteiger partial charge in [0.2, 0.25) is 0 Å². The predicted octanol–water partition coefficient (Wildman–Crippen LogP) is 3.77. The van der Waals surface area contributed by atoms with E-state index in [9.17, 15) is 5.11 Å². The molecular weight excluding hydrogens is 472 g/mol. The number of carboxylic acids is 2. The number of hydrogen-bond acceptors (Lipinski definition) is 5. The molecule has 8 nitrogen and oxygen atoms in total. The Kier molecular flexibility index (Phi) is 9.97. The zero-order valence-corrected chi connectivity index (χ0v) is 20.7. The Morgan fingerprint density at radius 2 is 1.49 bits per heavy atom. The maximum atomic E-state index is 10.8.